The van der Waals surface area contributed by atoms with Gasteiger partial charge >= 0.3 is 0 Å². The quantitative estimate of drug-likeness (QED) is 0.616. The highest BCUT2D eigenvalue weighted by molar-refractivity contribution is 6.30. The summed E-state index contributed by atoms with van der Waals surface area (Å²) in [6, 6.07) is 14.4. The Kier molecular flexibility index (Phi) is 6.81. The van der Waals surface area contributed by atoms with E-state index in [9.17, 15) is 9.59 Å². The van der Waals surface area contributed by atoms with Gasteiger partial charge in [0, 0.05) is 17.6 Å². The molecule has 1 saturated carbocycles. The van der Waals surface area contributed by atoms with E-state index in [2.05, 4.69) is 0 Å². The Bertz CT molecular complexity index is 905. The molecule has 1 saturated heterocycles. The van der Waals surface area contributed by atoms with Gasteiger partial charge in [0.25, 0.3) is 5.91 Å². The Labute approximate surface area is 188 Å². The van der Waals surface area contributed by atoms with E-state index in [1.165, 1.54) is 12.8 Å². The van der Waals surface area contributed by atoms with Crippen molar-refractivity contribution in [1.29, 1.82) is 0 Å². The minimum absolute atomic E-state index is 0.0142. The van der Waals surface area contributed by atoms with Crippen molar-refractivity contribution in [2.45, 2.75) is 57.2 Å². The van der Waals surface area contributed by atoms with Crippen molar-refractivity contribution in [1.82, 2.24) is 9.80 Å². The minimum Gasteiger partial charge on any atom is -0.497 e. The normalized spacial score (nSPS) is 20.6. The number of halogens is 1. The van der Waals surface area contributed by atoms with E-state index < -0.39 is 6.04 Å². The topological polar surface area (TPSA) is 49.9 Å². The van der Waals surface area contributed by atoms with E-state index >= 15 is 0 Å². The number of amides is 2. The molecular formula is C25H29ClN2O3. The minimum atomic E-state index is -0.635. The number of benzene rings is 2. The smallest absolute Gasteiger partial charge is 0.250 e. The highest BCUT2D eigenvalue weighted by Crippen LogP contribution is 2.33. The summed E-state index contributed by atoms with van der Waals surface area (Å²) in [5.74, 6) is 0.764. The molecule has 2 aromatic rings. The van der Waals surface area contributed by atoms with Crippen molar-refractivity contribution in [2.75, 3.05) is 13.7 Å². The molecule has 1 aliphatic heterocycles. The zero-order chi connectivity index (χ0) is 21.8. The Morgan fingerprint density at radius 3 is 2.19 bits per heavy atom. The van der Waals surface area contributed by atoms with Gasteiger partial charge in [-0.25, -0.2) is 0 Å². The van der Waals surface area contributed by atoms with Crippen LogP contribution in [0.15, 0.2) is 48.5 Å². The third-order valence-corrected chi connectivity index (χ3v) is 6.67. The van der Waals surface area contributed by atoms with Crippen LogP contribution in [0.2, 0.25) is 5.02 Å². The third kappa shape index (κ3) is 4.87. The first-order chi connectivity index (χ1) is 15.1. The standard InChI is InChI=1S/C25H29ClN2O3/c1-31-22-14-8-18(9-15-22)16-28-23(29)17-27(21-6-4-2-3-5-7-21)25(30)24(28)19-10-12-20(26)13-11-19/h8-15,21,24H,2-7,16-17H2,1H3/t24-/m0/s1. The van der Waals surface area contributed by atoms with Crippen molar-refractivity contribution in [3.63, 3.8) is 0 Å². The summed E-state index contributed by atoms with van der Waals surface area (Å²) in [4.78, 5) is 30.6. The van der Waals surface area contributed by atoms with Gasteiger partial charge in [0.1, 0.15) is 18.3 Å². The van der Waals surface area contributed by atoms with Crippen LogP contribution in [-0.2, 0) is 16.1 Å². The Balaban J connectivity index is 1.64. The molecule has 31 heavy (non-hydrogen) atoms. The van der Waals surface area contributed by atoms with E-state index in [1.54, 1.807) is 24.1 Å². The molecule has 2 aliphatic rings. The highest BCUT2D eigenvalue weighted by Gasteiger charge is 2.42. The van der Waals surface area contributed by atoms with Gasteiger partial charge in [0.2, 0.25) is 5.91 Å². The number of nitrogens with zero attached hydrogens (tertiary/aromatic N) is 2. The van der Waals surface area contributed by atoms with Crippen LogP contribution in [0.4, 0.5) is 0 Å². The molecule has 1 aliphatic carbocycles. The molecule has 2 amide bonds. The summed E-state index contributed by atoms with van der Waals surface area (Å²) in [5.41, 5.74) is 1.76. The van der Waals surface area contributed by atoms with Crippen LogP contribution in [0.1, 0.15) is 55.7 Å². The first kappa shape index (κ1) is 21.7. The van der Waals surface area contributed by atoms with E-state index in [0.717, 1.165) is 42.6 Å². The Morgan fingerprint density at radius 2 is 1.58 bits per heavy atom. The van der Waals surface area contributed by atoms with Crippen molar-refractivity contribution in [2.24, 2.45) is 0 Å². The van der Waals surface area contributed by atoms with Crippen LogP contribution in [-0.4, -0.2) is 41.3 Å². The fraction of sp³-hybridized carbons (Fsp3) is 0.440. The molecule has 0 spiro atoms. The molecule has 1 atom stereocenters. The molecule has 6 heteroatoms. The van der Waals surface area contributed by atoms with Gasteiger partial charge in [-0.3, -0.25) is 9.59 Å². The van der Waals surface area contributed by atoms with Crippen molar-refractivity contribution >= 4 is 23.4 Å². The van der Waals surface area contributed by atoms with Gasteiger partial charge in [0.15, 0.2) is 0 Å². The maximum absolute atomic E-state index is 13.7. The molecule has 4 rings (SSSR count). The summed E-state index contributed by atoms with van der Waals surface area (Å²) in [6.07, 6.45) is 6.59. The van der Waals surface area contributed by atoms with Gasteiger partial charge in [0.05, 0.1) is 7.11 Å². The first-order valence-electron chi connectivity index (χ1n) is 11.0. The zero-order valence-corrected chi connectivity index (χ0v) is 18.7. The van der Waals surface area contributed by atoms with Crippen LogP contribution in [0, 0.1) is 0 Å². The van der Waals surface area contributed by atoms with E-state index in [-0.39, 0.29) is 24.4 Å². The van der Waals surface area contributed by atoms with Gasteiger partial charge in [-0.2, -0.15) is 0 Å². The fourth-order valence-corrected chi connectivity index (χ4v) is 4.83. The van der Waals surface area contributed by atoms with E-state index in [0.29, 0.717) is 11.6 Å². The number of hydrogen-bond donors (Lipinski definition) is 0. The molecule has 1 heterocycles. The maximum Gasteiger partial charge on any atom is 0.250 e. The number of hydrogen-bond acceptors (Lipinski definition) is 3. The summed E-state index contributed by atoms with van der Waals surface area (Å²) < 4.78 is 5.24. The molecule has 0 unspecified atom stereocenters. The van der Waals surface area contributed by atoms with Gasteiger partial charge in [-0.1, -0.05) is 61.5 Å². The number of piperazine rings is 1. The predicted molar refractivity (Wildman–Crippen MR) is 121 cm³/mol. The molecule has 2 fully saturated rings. The zero-order valence-electron chi connectivity index (χ0n) is 17.9. The van der Waals surface area contributed by atoms with Crippen molar-refractivity contribution in [3.05, 3.63) is 64.7 Å². The van der Waals surface area contributed by atoms with Gasteiger partial charge in [-0.05, 0) is 48.2 Å². The molecule has 5 nitrogen and oxygen atoms in total. The average molecular weight is 441 g/mol. The number of ether oxygens (including phenoxy) is 1. The van der Waals surface area contributed by atoms with Crippen LogP contribution in [0.3, 0.4) is 0 Å². The van der Waals surface area contributed by atoms with Gasteiger partial charge in [-0.15, -0.1) is 0 Å². The second-order valence-electron chi connectivity index (χ2n) is 8.44. The van der Waals surface area contributed by atoms with E-state index in [1.807, 2.05) is 41.3 Å². The number of methoxy groups -OCH3 is 1. The Morgan fingerprint density at radius 1 is 0.935 bits per heavy atom. The largest absolute Gasteiger partial charge is 0.497 e. The van der Waals surface area contributed by atoms with Crippen LogP contribution in [0.25, 0.3) is 0 Å². The van der Waals surface area contributed by atoms with Crippen LogP contribution < -0.4 is 4.74 Å². The lowest BCUT2D eigenvalue weighted by Gasteiger charge is -2.43. The molecular weight excluding hydrogens is 412 g/mol. The molecule has 2 aromatic carbocycles. The van der Waals surface area contributed by atoms with E-state index in [4.69, 9.17) is 16.3 Å². The molecule has 0 radical (unpaired) electrons. The summed E-state index contributed by atoms with van der Waals surface area (Å²) in [6.45, 7) is 0.532. The summed E-state index contributed by atoms with van der Waals surface area (Å²) in [5, 5.41) is 0.612. The van der Waals surface area contributed by atoms with Crippen molar-refractivity contribution < 1.29 is 14.3 Å². The number of rotatable bonds is 5. The number of carbonyl (C=O) groups is 2. The summed E-state index contributed by atoms with van der Waals surface area (Å²) in [7, 11) is 1.63. The Hall–Kier alpha value is -2.53. The fourth-order valence-electron chi connectivity index (χ4n) is 4.70. The van der Waals surface area contributed by atoms with Crippen molar-refractivity contribution in [3.8, 4) is 5.75 Å². The number of carbonyl (C=O) groups excluding carboxylic acids is 2. The molecule has 164 valence electrons. The lowest BCUT2D eigenvalue weighted by Crippen LogP contribution is -2.57. The average Bonchev–Trinajstić information content (AvgIpc) is 3.07. The monoisotopic (exact) mass is 440 g/mol. The molecule has 0 aromatic heterocycles. The maximum atomic E-state index is 13.7. The highest BCUT2D eigenvalue weighted by atomic mass is 35.5. The second kappa shape index (κ2) is 9.73. The third-order valence-electron chi connectivity index (χ3n) is 6.42. The van der Waals surface area contributed by atoms with Gasteiger partial charge < -0.3 is 14.5 Å². The predicted octanol–water partition coefficient (Wildman–Crippen LogP) is 4.98. The first-order valence-corrected chi connectivity index (χ1v) is 11.4. The lowest BCUT2D eigenvalue weighted by molar-refractivity contribution is -0.159. The molecule has 0 bridgehead atoms. The van der Waals surface area contributed by atoms with Crippen LogP contribution >= 0.6 is 11.6 Å². The van der Waals surface area contributed by atoms with Crippen LogP contribution in [0.5, 0.6) is 5.75 Å². The lowest BCUT2D eigenvalue weighted by atomic mass is 9.97. The summed E-state index contributed by atoms with van der Waals surface area (Å²) >= 11 is 6.09. The molecule has 0 N–H and O–H groups in total. The second-order valence-corrected chi connectivity index (χ2v) is 8.87. The SMILES string of the molecule is COc1ccc(CN2C(=O)CN(C3CCCCCC3)C(=O)[C@@H]2c2ccc(Cl)cc2)cc1.